The zero-order valence-electron chi connectivity index (χ0n) is 15.2. The van der Waals surface area contributed by atoms with E-state index in [1.54, 1.807) is 0 Å². The van der Waals surface area contributed by atoms with E-state index in [9.17, 15) is 0 Å². The van der Waals surface area contributed by atoms with Crippen LogP contribution in [0.2, 0.25) is 5.02 Å². The summed E-state index contributed by atoms with van der Waals surface area (Å²) in [7, 11) is 0. The molecule has 0 spiro atoms. The van der Waals surface area contributed by atoms with Crippen LogP contribution in [0.1, 0.15) is 22.9 Å². The average molecular weight is 393 g/mol. The quantitative estimate of drug-likeness (QED) is 0.499. The molecule has 1 aliphatic rings. The first-order chi connectivity index (χ1) is 13.7. The summed E-state index contributed by atoms with van der Waals surface area (Å²) in [5.74, 6) is 0.970. The summed E-state index contributed by atoms with van der Waals surface area (Å²) in [6, 6.07) is 17.6. The Morgan fingerprint density at radius 1 is 1.11 bits per heavy atom. The van der Waals surface area contributed by atoms with Gasteiger partial charge in [0.15, 0.2) is 5.69 Å². The van der Waals surface area contributed by atoms with Crippen molar-refractivity contribution in [3.63, 3.8) is 0 Å². The zero-order valence-corrected chi connectivity index (χ0v) is 15.9. The molecule has 2 aromatic heterocycles. The number of hydrogen-bond acceptors (Lipinski definition) is 5. The Balaban J connectivity index is 1.41. The van der Waals surface area contributed by atoms with Gasteiger partial charge in [-0.1, -0.05) is 53.2 Å². The van der Waals surface area contributed by atoms with Gasteiger partial charge < -0.3 is 9.26 Å². The minimum absolute atomic E-state index is 0.0669. The SMILES string of the molecule is Cc1ccccc1-c1noc(-c2cc3n(n2)C[C@@H](c2ccc(Cl)cc2)OC3)n1. The van der Waals surface area contributed by atoms with Gasteiger partial charge in [0.1, 0.15) is 6.10 Å². The second kappa shape index (κ2) is 6.89. The lowest BCUT2D eigenvalue weighted by molar-refractivity contribution is -0.00112. The van der Waals surface area contributed by atoms with E-state index in [1.165, 1.54) is 0 Å². The van der Waals surface area contributed by atoms with Crippen LogP contribution < -0.4 is 0 Å². The normalized spacial score (nSPS) is 16.1. The first-order valence-corrected chi connectivity index (χ1v) is 9.39. The summed E-state index contributed by atoms with van der Waals surface area (Å²) in [5.41, 5.74) is 4.76. The maximum absolute atomic E-state index is 6.00. The van der Waals surface area contributed by atoms with Crippen LogP contribution in [-0.2, 0) is 17.9 Å². The van der Waals surface area contributed by atoms with Crippen LogP contribution in [-0.4, -0.2) is 19.9 Å². The number of hydrogen-bond donors (Lipinski definition) is 0. The molecule has 1 atom stereocenters. The van der Waals surface area contributed by atoms with Crippen molar-refractivity contribution in [3.05, 3.63) is 76.4 Å². The van der Waals surface area contributed by atoms with Crippen molar-refractivity contribution in [1.29, 1.82) is 0 Å². The number of aryl methyl sites for hydroxylation is 1. The Bertz CT molecular complexity index is 1130. The van der Waals surface area contributed by atoms with Crippen LogP contribution in [0.3, 0.4) is 0 Å². The molecule has 0 saturated carbocycles. The Morgan fingerprint density at radius 2 is 1.93 bits per heavy atom. The van der Waals surface area contributed by atoms with Crippen molar-refractivity contribution in [2.75, 3.05) is 0 Å². The Hall–Kier alpha value is -2.96. The van der Waals surface area contributed by atoms with Crippen LogP contribution in [0, 0.1) is 6.92 Å². The fourth-order valence-corrected chi connectivity index (χ4v) is 3.50. The highest BCUT2D eigenvalue weighted by Crippen LogP contribution is 2.30. The molecule has 0 unspecified atom stereocenters. The van der Waals surface area contributed by atoms with Crippen molar-refractivity contribution in [2.45, 2.75) is 26.2 Å². The molecule has 140 valence electrons. The van der Waals surface area contributed by atoms with Gasteiger partial charge in [-0.2, -0.15) is 10.1 Å². The minimum Gasteiger partial charge on any atom is -0.365 e. The van der Waals surface area contributed by atoms with E-state index in [0.29, 0.717) is 35.6 Å². The van der Waals surface area contributed by atoms with Crippen LogP contribution >= 0.6 is 11.6 Å². The highest BCUT2D eigenvalue weighted by atomic mass is 35.5. The van der Waals surface area contributed by atoms with Crippen molar-refractivity contribution >= 4 is 11.6 Å². The minimum atomic E-state index is -0.0669. The molecular formula is C21H17ClN4O2. The number of nitrogens with zero attached hydrogens (tertiary/aromatic N) is 4. The Kier molecular flexibility index (Phi) is 4.22. The second-order valence-corrected chi connectivity index (χ2v) is 7.23. The maximum Gasteiger partial charge on any atom is 0.278 e. The van der Waals surface area contributed by atoms with E-state index in [2.05, 4.69) is 15.2 Å². The van der Waals surface area contributed by atoms with Gasteiger partial charge in [0, 0.05) is 10.6 Å². The predicted molar refractivity (Wildman–Crippen MR) is 105 cm³/mol. The summed E-state index contributed by atoms with van der Waals surface area (Å²) in [6.45, 7) is 3.11. The van der Waals surface area contributed by atoms with Crippen molar-refractivity contribution in [1.82, 2.24) is 19.9 Å². The monoisotopic (exact) mass is 392 g/mol. The highest BCUT2D eigenvalue weighted by molar-refractivity contribution is 6.30. The summed E-state index contributed by atoms with van der Waals surface area (Å²) in [5, 5.41) is 9.49. The molecule has 4 aromatic rings. The van der Waals surface area contributed by atoms with Crippen LogP contribution in [0.25, 0.3) is 23.0 Å². The topological polar surface area (TPSA) is 66.0 Å². The smallest absolute Gasteiger partial charge is 0.278 e. The molecule has 3 heterocycles. The third kappa shape index (κ3) is 3.10. The molecule has 0 aliphatic carbocycles. The molecule has 6 nitrogen and oxygen atoms in total. The molecule has 7 heteroatoms. The van der Waals surface area contributed by atoms with Gasteiger partial charge in [-0.05, 0) is 36.2 Å². The molecule has 1 aliphatic heterocycles. The van der Waals surface area contributed by atoms with E-state index in [0.717, 1.165) is 22.4 Å². The molecule has 2 aromatic carbocycles. The molecular weight excluding hydrogens is 376 g/mol. The lowest BCUT2D eigenvalue weighted by Gasteiger charge is -2.24. The largest absolute Gasteiger partial charge is 0.365 e. The molecule has 0 N–H and O–H groups in total. The fraction of sp³-hybridized carbons (Fsp3) is 0.190. The van der Waals surface area contributed by atoms with Crippen LogP contribution in [0.5, 0.6) is 0 Å². The standard InChI is InChI=1S/C21H17ClN4O2/c1-13-4-2-3-5-17(13)20-23-21(28-25-20)18-10-16-12-27-19(11-26(16)24-18)14-6-8-15(22)9-7-14/h2-10,19H,11-12H2,1H3/t19-/m0/s1. The van der Waals surface area contributed by atoms with E-state index >= 15 is 0 Å². The van der Waals surface area contributed by atoms with E-state index < -0.39 is 0 Å². The number of benzene rings is 2. The van der Waals surface area contributed by atoms with Gasteiger partial charge in [-0.15, -0.1) is 0 Å². The van der Waals surface area contributed by atoms with E-state index in [4.69, 9.17) is 20.9 Å². The van der Waals surface area contributed by atoms with Crippen molar-refractivity contribution < 1.29 is 9.26 Å². The van der Waals surface area contributed by atoms with E-state index in [-0.39, 0.29) is 6.10 Å². The molecule has 0 bridgehead atoms. The number of ether oxygens (including phenoxy) is 1. The van der Waals surface area contributed by atoms with E-state index in [1.807, 2.05) is 66.2 Å². The lowest BCUT2D eigenvalue weighted by Crippen LogP contribution is -2.21. The molecule has 0 fully saturated rings. The molecule has 0 amide bonds. The number of rotatable bonds is 3. The lowest BCUT2D eigenvalue weighted by atomic mass is 10.1. The van der Waals surface area contributed by atoms with Crippen molar-refractivity contribution in [2.24, 2.45) is 0 Å². The van der Waals surface area contributed by atoms with Crippen LogP contribution in [0.4, 0.5) is 0 Å². The summed E-state index contributed by atoms with van der Waals surface area (Å²) >= 11 is 5.98. The van der Waals surface area contributed by atoms with Gasteiger partial charge >= 0.3 is 0 Å². The van der Waals surface area contributed by atoms with Gasteiger partial charge in [-0.3, -0.25) is 4.68 Å². The zero-order chi connectivity index (χ0) is 19.1. The van der Waals surface area contributed by atoms with Gasteiger partial charge in [-0.25, -0.2) is 0 Å². The van der Waals surface area contributed by atoms with Gasteiger partial charge in [0.2, 0.25) is 5.82 Å². The first kappa shape index (κ1) is 17.2. The second-order valence-electron chi connectivity index (χ2n) is 6.79. The molecule has 0 saturated heterocycles. The van der Waals surface area contributed by atoms with Gasteiger partial charge in [0.05, 0.1) is 18.8 Å². The third-order valence-electron chi connectivity index (χ3n) is 4.91. The fourth-order valence-electron chi connectivity index (χ4n) is 3.37. The third-order valence-corrected chi connectivity index (χ3v) is 5.16. The number of aromatic nitrogens is 4. The molecule has 28 heavy (non-hydrogen) atoms. The predicted octanol–water partition coefficient (Wildman–Crippen LogP) is 4.83. The summed E-state index contributed by atoms with van der Waals surface area (Å²) < 4.78 is 13.4. The first-order valence-electron chi connectivity index (χ1n) is 9.01. The van der Waals surface area contributed by atoms with Crippen LogP contribution in [0.15, 0.2) is 59.1 Å². The number of fused-ring (bicyclic) bond motifs is 1. The van der Waals surface area contributed by atoms with Gasteiger partial charge in [0.25, 0.3) is 5.89 Å². The Morgan fingerprint density at radius 3 is 2.75 bits per heavy atom. The maximum atomic E-state index is 6.00. The average Bonchev–Trinajstić information content (AvgIpc) is 3.35. The Labute approximate surface area is 166 Å². The molecule has 5 rings (SSSR count). The van der Waals surface area contributed by atoms with Crippen molar-refractivity contribution in [3.8, 4) is 23.0 Å². The number of halogens is 1. The molecule has 0 radical (unpaired) electrons. The summed E-state index contributed by atoms with van der Waals surface area (Å²) in [4.78, 5) is 4.53. The summed E-state index contributed by atoms with van der Waals surface area (Å²) in [6.07, 6.45) is -0.0669. The highest BCUT2D eigenvalue weighted by Gasteiger charge is 2.24.